The second-order valence-corrected chi connectivity index (χ2v) is 14.5. The van der Waals surface area contributed by atoms with Crippen molar-refractivity contribution in [3.05, 3.63) is 127 Å². The monoisotopic (exact) mass is 751 g/mol. The number of methoxy groups -OCH3 is 1. The van der Waals surface area contributed by atoms with E-state index in [0.29, 0.717) is 39.2 Å². The first-order valence-electron chi connectivity index (χ1n) is 16.8. The molecule has 1 atom stereocenters. The van der Waals surface area contributed by atoms with E-state index < -0.39 is 44.6 Å². The molecule has 0 aliphatic carbocycles. The van der Waals surface area contributed by atoms with Crippen molar-refractivity contribution in [2.75, 3.05) is 13.7 Å². The zero-order chi connectivity index (χ0) is 38.4. The van der Waals surface area contributed by atoms with Crippen LogP contribution in [0.3, 0.4) is 0 Å². The number of nitrogens with one attached hydrogen (secondary N) is 1. The summed E-state index contributed by atoms with van der Waals surface area (Å²) < 4.78 is 47.2. The van der Waals surface area contributed by atoms with Gasteiger partial charge in [-0.2, -0.15) is 0 Å². The molecule has 0 amide bonds. The molecule has 276 valence electrons. The number of aryl methyl sites for hydroxylation is 1. The predicted octanol–water partition coefficient (Wildman–Crippen LogP) is 4.48. The molecule has 4 heterocycles. The zero-order valence-electron chi connectivity index (χ0n) is 29.3. The maximum atomic E-state index is 13.9. The maximum Gasteiger partial charge on any atom is 0.355 e. The van der Waals surface area contributed by atoms with Crippen LogP contribution in [-0.4, -0.2) is 54.3 Å². The Bertz CT molecular complexity index is 2570. The first-order valence-corrected chi connectivity index (χ1v) is 18.3. The van der Waals surface area contributed by atoms with E-state index in [1.807, 2.05) is 6.92 Å². The molecule has 15 nitrogen and oxygen atoms in total. The molecule has 0 unspecified atom stereocenters. The molecule has 7 rings (SSSR count). The Labute approximate surface area is 308 Å². The number of esters is 2. The fourth-order valence-electron chi connectivity index (χ4n) is 6.68. The number of fused-ring (bicyclic) bond motifs is 5. The minimum atomic E-state index is -4.11. The number of pyridine rings is 2. The van der Waals surface area contributed by atoms with Crippen molar-refractivity contribution in [3.63, 3.8) is 0 Å². The Morgan fingerprint density at radius 3 is 2.52 bits per heavy atom. The lowest BCUT2D eigenvalue weighted by molar-refractivity contribution is -0.383. The molecule has 0 bridgehead atoms. The number of hydrogen-bond donors (Lipinski definition) is 1. The number of hydrogen-bond acceptors (Lipinski definition) is 12. The minimum absolute atomic E-state index is 0.00861. The molecule has 0 saturated heterocycles. The molecule has 5 aromatic rings. The summed E-state index contributed by atoms with van der Waals surface area (Å²) >= 11 is 0. The first kappa shape index (κ1) is 36.0. The Hall–Kier alpha value is -6.42. The van der Waals surface area contributed by atoms with Crippen LogP contribution in [0.25, 0.3) is 22.3 Å². The number of nitro benzene ring substituents is 1. The van der Waals surface area contributed by atoms with E-state index in [1.54, 1.807) is 61.5 Å². The number of carbonyl (C=O) groups is 2. The van der Waals surface area contributed by atoms with E-state index in [0.717, 1.165) is 5.56 Å². The molecule has 3 aromatic carbocycles. The van der Waals surface area contributed by atoms with Crippen molar-refractivity contribution in [2.24, 2.45) is 4.99 Å². The van der Waals surface area contributed by atoms with Crippen LogP contribution in [0.4, 0.5) is 5.69 Å². The average Bonchev–Trinajstić information content (AvgIpc) is 3.52. The molecular weight excluding hydrogens is 719 g/mol. The summed E-state index contributed by atoms with van der Waals surface area (Å²) in [6.45, 7) is 2.44. The topological polar surface area (TPSA) is 198 Å². The summed E-state index contributed by atoms with van der Waals surface area (Å²) in [5, 5.41) is 12.0. The Morgan fingerprint density at radius 1 is 1.09 bits per heavy atom. The lowest BCUT2D eigenvalue weighted by Crippen LogP contribution is -2.48. The van der Waals surface area contributed by atoms with Gasteiger partial charge in [0, 0.05) is 23.6 Å². The van der Waals surface area contributed by atoms with Crippen molar-refractivity contribution in [2.45, 2.75) is 50.3 Å². The molecule has 16 heteroatoms. The van der Waals surface area contributed by atoms with E-state index in [2.05, 4.69) is 14.7 Å². The van der Waals surface area contributed by atoms with Gasteiger partial charge in [0.2, 0.25) is 5.60 Å². The third-order valence-electron chi connectivity index (χ3n) is 9.49. The molecule has 2 aromatic heterocycles. The van der Waals surface area contributed by atoms with Crippen molar-refractivity contribution >= 4 is 44.4 Å². The lowest BCUT2D eigenvalue weighted by Gasteiger charge is -2.35. The Balaban J connectivity index is 1.22. The summed E-state index contributed by atoms with van der Waals surface area (Å²) in [5.41, 5.74) is 0.745. The number of ether oxygens (including phenoxy) is 3. The Morgan fingerprint density at radius 2 is 1.83 bits per heavy atom. The lowest BCUT2D eigenvalue weighted by atomic mass is 9.85. The number of carbonyl (C=O) groups excluding carboxylic acids is 2. The van der Waals surface area contributed by atoms with E-state index in [4.69, 9.17) is 14.2 Å². The number of sulfonamides is 1. The van der Waals surface area contributed by atoms with E-state index in [-0.39, 0.29) is 53.5 Å². The Kier molecular flexibility index (Phi) is 9.23. The van der Waals surface area contributed by atoms with Crippen molar-refractivity contribution in [1.29, 1.82) is 0 Å². The fraction of sp³-hybridized carbons (Fsp3) is 0.237. The van der Waals surface area contributed by atoms with Gasteiger partial charge in [-0.1, -0.05) is 42.8 Å². The number of amidine groups is 1. The molecular formula is C38H33N5O10S. The highest BCUT2D eigenvalue weighted by atomic mass is 32.2. The number of rotatable bonds is 10. The summed E-state index contributed by atoms with van der Waals surface area (Å²) in [5.74, 6) is -1.35. The largest absolute Gasteiger partial charge is 0.497 e. The summed E-state index contributed by atoms with van der Waals surface area (Å²) in [4.78, 5) is 61.3. The van der Waals surface area contributed by atoms with Crippen molar-refractivity contribution in [3.8, 4) is 17.1 Å². The van der Waals surface area contributed by atoms with Gasteiger partial charge in [-0.05, 0) is 61.4 Å². The SMILES string of the molecule is CC[C@@]1(OC(=O)CN=C(Cc2ccc(OC)cc2)NS(=O)(=O)c2ccc(C)cc2)C(=O)OCc2c1cc1n(c2=O)Cc2cc3c([N+](=O)[O-])cccc3nc2-1. The smallest absolute Gasteiger partial charge is 0.355 e. The van der Waals surface area contributed by atoms with Crippen molar-refractivity contribution < 1.29 is 37.1 Å². The number of aromatic nitrogens is 2. The average molecular weight is 752 g/mol. The molecule has 54 heavy (non-hydrogen) atoms. The highest BCUT2D eigenvalue weighted by Crippen LogP contribution is 2.41. The minimum Gasteiger partial charge on any atom is -0.497 e. The number of nitro groups is 1. The van der Waals surface area contributed by atoms with Crippen LogP contribution >= 0.6 is 0 Å². The summed E-state index contributed by atoms with van der Waals surface area (Å²) in [7, 11) is -2.60. The molecule has 0 radical (unpaired) electrons. The van der Waals surface area contributed by atoms with E-state index in [9.17, 15) is 32.9 Å². The standard InChI is InChI=1S/C38H33N5O10S/c1-4-38(53-34(44)19-39-33(16-23-10-12-25(51-3)13-11-23)41-54(49,50)26-14-8-22(2)9-15-26)29-18-32-35-24(20-42(32)36(45)28(29)21-52-37(38)46)17-27-30(40-35)6-5-7-31(27)43(47)48/h5-15,17-18H,4,16,19-21H2,1-3H3,(H,39,41)/t38-/m0/s1. The summed E-state index contributed by atoms with van der Waals surface area (Å²) in [6, 6.07) is 20.8. The van der Waals surface area contributed by atoms with Crippen LogP contribution in [0, 0.1) is 17.0 Å². The van der Waals surface area contributed by atoms with Crippen LogP contribution in [0.15, 0.2) is 93.5 Å². The number of benzene rings is 3. The first-order chi connectivity index (χ1) is 25.8. The van der Waals surface area contributed by atoms with Gasteiger partial charge in [-0.25, -0.2) is 23.0 Å². The van der Waals surface area contributed by atoms with Gasteiger partial charge in [0.1, 0.15) is 24.7 Å². The quantitative estimate of drug-likeness (QED) is 0.0681. The zero-order valence-corrected chi connectivity index (χ0v) is 30.1. The number of nitrogens with zero attached hydrogens (tertiary/aromatic N) is 4. The van der Waals surface area contributed by atoms with Gasteiger partial charge >= 0.3 is 11.9 Å². The van der Waals surface area contributed by atoms with Gasteiger partial charge < -0.3 is 18.8 Å². The normalized spacial score (nSPS) is 16.2. The molecule has 0 fully saturated rings. The highest BCUT2D eigenvalue weighted by Gasteiger charge is 2.50. The second kappa shape index (κ2) is 13.9. The molecule has 2 aliphatic heterocycles. The van der Waals surface area contributed by atoms with Crippen LogP contribution in [0.1, 0.15) is 41.2 Å². The molecule has 0 spiro atoms. The maximum absolute atomic E-state index is 13.9. The van der Waals surface area contributed by atoms with Gasteiger partial charge in [0.05, 0.1) is 51.3 Å². The van der Waals surface area contributed by atoms with Gasteiger partial charge in [-0.15, -0.1) is 0 Å². The van der Waals surface area contributed by atoms with Crippen molar-refractivity contribution in [1.82, 2.24) is 14.3 Å². The third kappa shape index (κ3) is 6.44. The van der Waals surface area contributed by atoms with E-state index in [1.165, 1.54) is 35.9 Å². The van der Waals surface area contributed by atoms with Crippen LogP contribution in [-0.2, 0) is 54.3 Å². The number of cyclic esters (lactones) is 1. The van der Waals surface area contributed by atoms with Crippen LogP contribution in [0.2, 0.25) is 0 Å². The van der Waals surface area contributed by atoms with Gasteiger partial charge in [-0.3, -0.25) is 24.6 Å². The number of non-ortho nitro benzene ring substituents is 1. The highest BCUT2D eigenvalue weighted by molar-refractivity contribution is 7.90. The molecule has 2 aliphatic rings. The van der Waals surface area contributed by atoms with Gasteiger partial charge in [0.25, 0.3) is 21.3 Å². The second-order valence-electron chi connectivity index (χ2n) is 12.8. The number of aliphatic imine (C=N–C) groups is 1. The van der Waals surface area contributed by atoms with Crippen LogP contribution in [0.5, 0.6) is 5.75 Å². The van der Waals surface area contributed by atoms with Crippen LogP contribution < -0.4 is 15.0 Å². The van der Waals surface area contributed by atoms with E-state index >= 15 is 0 Å². The molecule has 0 saturated carbocycles. The fourth-order valence-corrected chi connectivity index (χ4v) is 7.74. The predicted molar refractivity (Wildman–Crippen MR) is 196 cm³/mol. The summed E-state index contributed by atoms with van der Waals surface area (Å²) in [6.07, 6.45) is -0.126. The van der Waals surface area contributed by atoms with Gasteiger partial charge in [0.15, 0.2) is 0 Å². The molecule has 1 N–H and O–H groups in total. The third-order valence-corrected chi connectivity index (χ3v) is 10.9.